The second kappa shape index (κ2) is 9.57. The first kappa shape index (κ1) is 16.7. The van der Waals surface area contributed by atoms with Gasteiger partial charge in [0.1, 0.15) is 0 Å². The van der Waals surface area contributed by atoms with Crippen LogP contribution in [-0.4, -0.2) is 28.8 Å². The smallest absolute Gasteiger partial charge is 0.0819 e. The van der Waals surface area contributed by atoms with Crippen LogP contribution in [0.5, 0.6) is 0 Å². The number of aliphatic hydroxyl groups is 1. The van der Waals surface area contributed by atoms with Crippen molar-refractivity contribution in [3.8, 4) is 0 Å². The average Bonchev–Trinajstić information content (AvgIpc) is 2.38. The molecule has 4 atom stereocenters. The lowest BCUT2D eigenvalue weighted by Crippen LogP contribution is -2.33. The molecule has 19 heavy (non-hydrogen) atoms. The van der Waals surface area contributed by atoms with E-state index in [2.05, 4.69) is 33.8 Å². The number of ether oxygens (including phenoxy) is 1. The molecule has 1 aliphatic heterocycles. The fourth-order valence-corrected chi connectivity index (χ4v) is 2.39. The highest BCUT2D eigenvalue weighted by atomic mass is 79.9. The second-order valence-electron chi connectivity index (χ2n) is 4.44. The molecule has 4 unspecified atom stereocenters. The fourth-order valence-electron chi connectivity index (χ4n) is 1.97. The highest BCUT2D eigenvalue weighted by molar-refractivity contribution is 9.11. The van der Waals surface area contributed by atoms with Crippen LogP contribution >= 0.6 is 27.5 Å². The molecule has 0 aromatic carbocycles. The summed E-state index contributed by atoms with van der Waals surface area (Å²) in [5.74, 6) is 0. The van der Waals surface area contributed by atoms with Crippen LogP contribution in [0, 0.1) is 0 Å². The summed E-state index contributed by atoms with van der Waals surface area (Å²) >= 11 is 9.45. The fraction of sp³-hybridized carbons (Fsp3) is 0.533. The van der Waals surface area contributed by atoms with Gasteiger partial charge in [-0.15, -0.1) is 17.3 Å². The zero-order valence-electron chi connectivity index (χ0n) is 11.0. The van der Waals surface area contributed by atoms with Crippen molar-refractivity contribution in [3.63, 3.8) is 0 Å². The molecule has 0 aromatic heterocycles. The van der Waals surface area contributed by atoms with Crippen molar-refractivity contribution in [1.29, 1.82) is 0 Å². The Morgan fingerprint density at radius 2 is 2.26 bits per heavy atom. The van der Waals surface area contributed by atoms with Gasteiger partial charge in [0.05, 0.1) is 23.7 Å². The Balaban J connectivity index is 2.70. The Labute approximate surface area is 128 Å². The molecule has 0 spiro atoms. The highest BCUT2D eigenvalue weighted by Crippen LogP contribution is 2.23. The maximum absolute atomic E-state index is 9.90. The molecule has 0 saturated heterocycles. The zero-order chi connectivity index (χ0) is 14.1. The maximum atomic E-state index is 9.90. The minimum atomic E-state index is -0.602. The zero-order valence-corrected chi connectivity index (χ0v) is 13.3. The van der Waals surface area contributed by atoms with E-state index in [4.69, 9.17) is 16.3 Å². The summed E-state index contributed by atoms with van der Waals surface area (Å²) in [6, 6.07) is 0. The van der Waals surface area contributed by atoms with E-state index in [1.165, 1.54) is 0 Å². The van der Waals surface area contributed by atoms with Crippen molar-refractivity contribution in [2.45, 2.75) is 49.9 Å². The Morgan fingerprint density at radius 3 is 2.95 bits per heavy atom. The van der Waals surface area contributed by atoms with Gasteiger partial charge in [-0.2, -0.15) is 0 Å². The average molecular weight is 348 g/mol. The quantitative estimate of drug-likeness (QED) is 0.471. The third-order valence-corrected chi connectivity index (χ3v) is 3.61. The normalized spacial score (nSPS) is 29.4. The van der Waals surface area contributed by atoms with Crippen molar-refractivity contribution < 1.29 is 9.84 Å². The molecule has 106 valence electrons. The Kier molecular flexibility index (Phi) is 8.43. The molecule has 0 amide bonds. The summed E-state index contributed by atoms with van der Waals surface area (Å²) in [6.45, 7) is 1.97. The topological polar surface area (TPSA) is 29.5 Å². The summed E-state index contributed by atoms with van der Waals surface area (Å²) in [7, 11) is 0. The molecule has 1 N–H and O–H groups in total. The summed E-state index contributed by atoms with van der Waals surface area (Å²) in [5.41, 5.74) is 2.81. The number of aliphatic hydroxyl groups excluding tert-OH is 1. The minimum absolute atomic E-state index is 0.0238. The molecule has 0 radical (unpaired) electrons. The van der Waals surface area contributed by atoms with Crippen LogP contribution in [0.25, 0.3) is 0 Å². The van der Waals surface area contributed by atoms with Gasteiger partial charge >= 0.3 is 0 Å². The second-order valence-corrected chi connectivity index (χ2v) is 5.46. The van der Waals surface area contributed by atoms with E-state index in [0.717, 1.165) is 12.8 Å². The SMILES string of the molecule is CC=CC1CC=CCC(Cl)C(CC(O)C=C=CBr)O1. The molecule has 0 saturated carbocycles. The van der Waals surface area contributed by atoms with Gasteiger partial charge < -0.3 is 9.84 Å². The van der Waals surface area contributed by atoms with Crippen LogP contribution in [0.3, 0.4) is 0 Å². The lowest BCUT2D eigenvalue weighted by atomic mass is 10.0. The molecule has 1 aliphatic rings. The van der Waals surface area contributed by atoms with E-state index in [0.29, 0.717) is 6.42 Å². The Bertz CT molecular complexity index is 372. The van der Waals surface area contributed by atoms with Crippen LogP contribution in [0.4, 0.5) is 0 Å². The van der Waals surface area contributed by atoms with Gasteiger partial charge in [0.2, 0.25) is 0 Å². The standard InChI is InChI=1S/C15H20BrClO2/c1-2-6-13-8-3-4-9-14(17)15(19-13)11-12(18)7-5-10-16/h2-4,6-7,10,12-15,18H,8-9,11H2,1H3. The predicted molar refractivity (Wildman–Crippen MR) is 83.7 cm³/mol. The molecule has 0 aliphatic carbocycles. The van der Waals surface area contributed by atoms with Crippen molar-refractivity contribution >= 4 is 27.5 Å². The number of alkyl halides is 1. The summed E-state index contributed by atoms with van der Waals surface area (Å²) in [6.07, 6.45) is 11.1. The van der Waals surface area contributed by atoms with Gasteiger partial charge in [-0.1, -0.05) is 40.2 Å². The molecule has 1 heterocycles. The van der Waals surface area contributed by atoms with Gasteiger partial charge in [0, 0.05) is 11.4 Å². The van der Waals surface area contributed by atoms with Crippen LogP contribution in [0.2, 0.25) is 0 Å². The van der Waals surface area contributed by atoms with Crippen LogP contribution in [0.1, 0.15) is 26.2 Å². The maximum Gasteiger partial charge on any atom is 0.0819 e. The highest BCUT2D eigenvalue weighted by Gasteiger charge is 2.25. The Morgan fingerprint density at radius 1 is 1.53 bits per heavy atom. The first-order valence-corrected chi connectivity index (χ1v) is 7.79. The lowest BCUT2D eigenvalue weighted by Gasteiger charge is -2.28. The first-order chi connectivity index (χ1) is 9.17. The van der Waals surface area contributed by atoms with Crippen molar-refractivity contribution in [1.82, 2.24) is 0 Å². The van der Waals surface area contributed by atoms with Gasteiger partial charge in [-0.05, 0) is 25.8 Å². The largest absolute Gasteiger partial charge is 0.388 e. The van der Waals surface area contributed by atoms with Crippen molar-refractivity contribution in [2.24, 2.45) is 0 Å². The van der Waals surface area contributed by atoms with E-state index in [1.54, 1.807) is 11.1 Å². The molecule has 0 aromatic rings. The number of halogens is 2. The van der Waals surface area contributed by atoms with E-state index >= 15 is 0 Å². The molecule has 0 fully saturated rings. The van der Waals surface area contributed by atoms with Gasteiger partial charge in [-0.3, -0.25) is 0 Å². The van der Waals surface area contributed by atoms with E-state index < -0.39 is 6.10 Å². The molecular weight excluding hydrogens is 328 g/mol. The van der Waals surface area contributed by atoms with Crippen molar-refractivity contribution in [3.05, 3.63) is 41.1 Å². The van der Waals surface area contributed by atoms with Crippen LogP contribution in [0.15, 0.2) is 41.1 Å². The molecule has 4 heteroatoms. The van der Waals surface area contributed by atoms with Gasteiger partial charge in [0.25, 0.3) is 0 Å². The van der Waals surface area contributed by atoms with Crippen LogP contribution < -0.4 is 0 Å². The van der Waals surface area contributed by atoms with E-state index in [1.807, 2.05) is 19.1 Å². The Hall–Kier alpha value is -0.310. The third kappa shape index (κ3) is 6.60. The third-order valence-electron chi connectivity index (χ3n) is 2.88. The number of hydrogen-bond donors (Lipinski definition) is 1. The summed E-state index contributed by atoms with van der Waals surface area (Å²) < 4.78 is 6.00. The van der Waals surface area contributed by atoms with Gasteiger partial charge in [-0.25, -0.2) is 0 Å². The predicted octanol–water partition coefficient (Wildman–Crippen LogP) is 4.09. The minimum Gasteiger partial charge on any atom is -0.388 e. The van der Waals surface area contributed by atoms with E-state index in [9.17, 15) is 5.11 Å². The molecular formula is C15H20BrClO2. The molecule has 2 nitrogen and oxygen atoms in total. The number of hydrogen-bond acceptors (Lipinski definition) is 2. The summed E-state index contributed by atoms with van der Waals surface area (Å²) in [4.78, 5) is 1.58. The summed E-state index contributed by atoms with van der Waals surface area (Å²) in [5, 5.41) is 9.77. The molecule has 1 rings (SSSR count). The van der Waals surface area contributed by atoms with Gasteiger partial charge in [0.15, 0.2) is 0 Å². The van der Waals surface area contributed by atoms with E-state index in [-0.39, 0.29) is 17.6 Å². The monoisotopic (exact) mass is 346 g/mol. The lowest BCUT2D eigenvalue weighted by molar-refractivity contribution is -0.0108. The van der Waals surface area contributed by atoms with Crippen LogP contribution in [-0.2, 0) is 4.74 Å². The number of allylic oxidation sites excluding steroid dienone is 2. The molecule has 0 bridgehead atoms. The van der Waals surface area contributed by atoms with Crippen molar-refractivity contribution in [2.75, 3.05) is 0 Å². The first-order valence-electron chi connectivity index (χ1n) is 6.44. The number of rotatable bonds is 4.